The van der Waals surface area contributed by atoms with Crippen LogP contribution >= 0.6 is 11.3 Å². The number of nitrogens with zero attached hydrogens (tertiary/aromatic N) is 1. The molecule has 1 atom stereocenters. The number of hydrogen-bond acceptors (Lipinski definition) is 6. The lowest BCUT2D eigenvalue weighted by atomic mass is 10.4. The number of furan rings is 1. The lowest BCUT2D eigenvalue weighted by Crippen LogP contribution is -2.27. The number of hydrogen-bond donors (Lipinski definition) is 2. The van der Waals surface area contributed by atoms with E-state index in [1.54, 1.807) is 20.0 Å². The maximum Gasteiger partial charge on any atom is 0.244 e. The number of thiazole rings is 1. The molecule has 8 heteroatoms. The average molecular weight is 329 g/mol. The molecule has 3 N–H and O–H groups in total. The molecule has 116 valence electrons. The van der Waals surface area contributed by atoms with E-state index in [0.29, 0.717) is 11.5 Å². The molecular weight excluding hydrogens is 310 g/mol. The van der Waals surface area contributed by atoms with Crippen LogP contribution in [0.15, 0.2) is 21.6 Å². The zero-order valence-electron chi connectivity index (χ0n) is 12.2. The van der Waals surface area contributed by atoms with Crippen LogP contribution in [0.25, 0.3) is 0 Å². The summed E-state index contributed by atoms with van der Waals surface area (Å²) < 4.78 is 32.7. The molecular formula is C13H19N3O3S2. The fourth-order valence-electron chi connectivity index (χ4n) is 1.92. The Hall–Kier alpha value is -1.22. The monoisotopic (exact) mass is 329 g/mol. The summed E-state index contributed by atoms with van der Waals surface area (Å²) in [4.78, 5) is 5.51. The predicted octanol–water partition coefficient (Wildman–Crippen LogP) is 2.11. The van der Waals surface area contributed by atoms with Crippen molar-refractivity contribution in [3.05, 3.63) is 33.7 Å². The number of aryl methyl sites for hydroxylation is 2. The first-order chi connectivity index (χ1) is 9.87. The molecule has 0 aromatic carbocycles. The SMILES string of the molecule is CCc1cnc(C(C)NS(=O)(=O)c2cc(CN)oc2C)s1. The second-order valence-electron chi connectivity index (χ2n) is 4.70. The minimum Gasteiger partial charge on any atom is -0.464 e. The molecule has 1 unspecified atom stereocenters. The Morgan fingerprint density at radius 3 is 2.76 bits per heavy atom. The highest BCUT2D eigenvalue weighted by Gasteiger charge is 2.24. The molecule has 2 aromatic rings. The van der Waals surface area contributed by atoms with Gasteiger partial charge in [-0.3, -0.25) is 0 Å². The van der Waals surface area contributed by atoms with Crippen LogP contribution in [-0.4, -0.2) is 13.4 Å². The van der Waals surface area contributed by atoms with Crippen LogP contribution in [0.5, 0.6) is 0 Å². The van der Waals surface area contributed by atoms with Crippen LogP contribution in [0.2, 0.25) is 0 Å². The van der Waals surface area contributed by atoms with Gasteiger partial charge in [-0.1, -0.05) is 6.92 Å². The first kappa shape index (κ1) is 16.2. The maximum atomic E-state index is 12.4. The van der Waals surface area contributed by atoms with Gasteiger partial charge in [0.15, 0.2) is 0 Å². The molecule has 6 nitrogen and oxygen atoms in total. The molecule has 0 saturated carbocycles. The van der Waals surface area contributed by atoms with Crippen molar-refractivity contribution in [2.24, 2.45) is 5.73 Å². The van der Waals surface area contributed by atoms with Gasteiger partial charge in [-0.25, -0.2) is 18.1 Å². The first-order valence-corrected chi connectivity index (χ1v) is 8.93. The van der Waals surface area contributed by atoms with E-state index in [1.807, 2.05) is 6.92 Å². The second-order valence-corrected chi connectivity index (χ2v) is 7.53. The minimum absolute atomic E-state index is 0.127. The Labute approximate surface area is 128 Å². The standard InChI is InChI=1S/C13H19N3O3S2/c1-4-11-7-15-13(20-11)8(2)16-21(17,18)12-5-10(6-14)19-9(12)3/h5,7-8,16H,4,6,14H2,1-3H3. The topological polar surface area (TPSA) is 98.2 Å². The number of nitrogens with one attached hydrogen (secondary N) is 1. The molecule has 0 bridgehead atoms. The minimum atomic E-state index is -3.66. The number of rotatable bonds is 6. The smallest absolute Gasteiger partial charge is 0.244 e. The summed E-state index contributed by atoms with van der Waals surface area (Å²) in [6.45, 7) is 5.58. The van der Waals surface area contributed by atoms with E-state index in [1.165, 1.54) is 17.4 Å². The third-order valence-electron chi connectivity index (χ3n) is 3.04. The van der Waals surface area contributed by atoms with Gasteiger partial charge < -0.3 is 10.2 Å². The van der Waals surface area contributed by atoms with Crippen molar-refractivity contribution < 1.29 is 12.8 Å². The summed E-state index contributed by atoms with van der Waals surface area (Å²) >= 11 is 1.51. The van der Waals surface area contributed by atoms with Crippen LogP contribution in [0.3, 0.4) is 0 Å². The van der Waals surface area contributed by atoms with Gasteiger partial charge >= 0.3 is 0 Å². The van der Waals surface area contributed by atoms with Crippen molar-refractivity contribution in [1.82, 2.24) is 9.71 Å². The molecule has 0 aliphatic carbocycles. The Balaban J connectivity index is 2.21. The lowest BCUT2D eigenvalue weighted by molar-refractivity contribution is 0.478. The van der Waals surface area contributed by atoms with E-state index in [2.05, 4.69) is 9.71 Å². The number of sulfonamides is 1. The third kappa shape index (κ3) is 3.52. The summed E-state index contributed by atoms with van der Waals surface area (Å²) in [5.41, 5.74) is 5.47. The van der Waals surface area contributed by atoms with E-state index >= 15 is 0 Å². The fourth-order valence-corrected chi connectivity index (χ4v) is 4.27. The van der Waals surface area contributed by atoms with E-state index in [0.717, 1.165) is 16.3 Å². The summed E-state index contributed by atoms with van der Waals surface area (Å²) in [7, 11) is -3.66. The van der Waals surface area contributed by atoms with Gasteiger partial charge in [0, 0.05) is 17.1 Å². The highest BCUT2D eigenvalue weighted by molar-refractivity contribution is 7.89. The van der Waals surface area contributed by atoms with E-state index in [9.17, 15) is 8.42 Å². The normalized spacial score (nSPS) is 13.5. The van der Waals surface area contributed by atoms with Gasteiger partial charge in [0.1, 0.15) is 21.4 Å². The van der Waals surface area contributed by atoms with Crippen LogP contribution in [-0.2, 0) is 23.0 Å². The Kier molecular flexibility index (Phi) is 4.82. The van der Waals surface area contributed by atoms with Crippen molar-refractivity contribution in [2.45, 2.75) is 44.7 Å². The zero-order chi connectivity index (χ0) is 15.6. The van der Waals surface area contributed by atoms with Crippen molar-refractivity contribution in [3.8, 4) is 0 Å². The Morgan fingerprint density at radius 2 is 2.24 bits per heavy atom. The Bertz CT molecular complexity index is 719. The molecule has 0 aliphatic rings. The second kappa shape index (κ2) is 6.27. The largest absolute Gasteiger partial charge is 0.464 e. The van der Waals surface area contributed by atoms with Gasteiger partial charge in [-0.05, 0) is 20.3 Å². The van der Waals surface area contributed by atoms with Crippen molar-refractivity contribution in [3.63, 3.8) is 0 Å². The van der Waals surface area contributed by atoms with Crippen LogP contribution in [0.4, 0.5) is 0 Å². The van der Waals surface area contributed by atoms with Crippen LogP contribution < -0.4 is 10.5 Å². The summed E-state index contributed by atoms with van der Waals surface area (Å²) in [5.74, 6) is 0.784. The van der Waals surface area contributed by atoms with Crippen LogP contribution in [0, 0.1) is 6.92 Å². The highest BCUT2D eigenvalue weighted by atomic mass is 32.2. The molecule has 0 radical (unpaired) electrons. The molecule has 0 spiro atoms. The van der Waals surface area contributed by atoms with Gasteiger partial charge in [0.05, 0.1) is 12.6 Å². The summed E-state index contributed by atoms with van der Waals surface area (Å²) in [5, 5.41) is 0.746. The average Bonchev–Trinajstić information content (AvgIpc) is 3.04. The zero-order valence-corrected chi connectivity index (χ0v) is 13.8. The quantitative estimate of drug-likeness (QED) is 0.845. The molecule has 0 aliphatic heterocycles. The molecule has 2 aromatic heterocycles. The third-order valence-corrected chi connectivity index (χ3v) is 6.01. The van der Waals surface area contributed by atoms with E-state index < -0.39 is 16.1 Å². The molecule has 0 saturated heterocycles. The van der Waals surface area contributed by atoms with Crippen molar-refractivity contribution in [1.29, 1.82) is 0 Å². The maximum absolute atomic E-state index is 12.4. The number of aromatic nitrogens is 1. The molecule has 0 amide bonds. The van der Waals surface area contributed by atoms with E-state index in [4.69, 9.17) is 10.2 Å². The number of nitrogens with two attached hydrogens (primary N) is 1. The highest BCUT2D eigenvalue weighted by Crippen LogP contribution is 2.24. The van der Waals surface area contributed by atoms with Gasteiger partial charge in [0.25, 0.3) is 0 Å². The Morgan fingerprint density at radius 1 is 1.52 bits per heavy atom. The first-order valence-electron chi connectivity index (χ1n) is 6.63. The molecule has 2 rings (SSSR count). The summed E-state index contributed by atoms with van der Waals surface area (Å²) in [6.07, 6.45) is 2.66. The molecule has 21 heavy (non-hydrogen) atoms. The fraction of sp³-hybridized carbons (Fsp3) is 0.462. The molecule has 0 fully saturated rings. The van der Waals surface area contributed by atoms with Gasteiger partial charge in [-0.15, -0.1) is 11.3 Å². The van der Waals surface area contributed by atoms with Crippen molar-refractivity contribution >= 4 is 21.4 Å². The van der Waals surface area contributed by atoms with Crippen molar-refractivity contribution in [2.75, 3.05) is 0 Å². The lowest BCUT2D eigenvalue weighted by Gasteiger charge is -2.11. The van der Waals surface area contributed by atoms with Gasteiger partial charge in [0.2, 0.25) is 10.0 Å². The van der Waals surface area contributed by atoms with Gasteiger partial charge in [-0.2, -0.15) is 0 Å². The summed E-state index contributed by atoms with van der Waals surface area (Å²) in [6, 6.07) is 1.07. The van der Waals surface area contributed by atoms with Crippen LogP contribution in [0.1, 0.15) is 41.3 Å². The predicted molar refractivity (Wildman–Crippen MR) is 81.6 cm³/mol. The van der Waals surface area contributed by atoms with E-state index in [-0.39, 0.29) is 11.4 Å². The molecule has 2 heterocycles.